The molecule has 1 saturated heterocycles. The zero-order valence-corrected chi connectivity index (χ0v) is 26.0. The largest absolute Gasteiger partial charge is 0.507 e. The van der Waals surface area contributed by atoms with Crippen LogP contribution in [0.2, 0.25) is 0 Å². The number of hydrogen-bond acceptors (Lipinski definition) is 7. The number of Topliss-reactive ketones (excluding diaryl/α,β-unsaturated/α-hetero) is 1. The molecule has 2 aliphatic rings. The van der Waals surface area contributed by atoms with Crippen LogP contribution >= 0.6 is 11.8 Å². The summed E-state index contributed by atoms with van der Waals surface area (Å²) in [4.78, 5) is 15.4. The molecule has 1 aliphatic heterocycles. The van der Waals surface area contributed by atoms with Crippen molar-refractivity contribution in [3.63, 3.8) is 0 Å². The van der Waals surface area contributed by atoms with E-state index < -0.39 is 10.0 Å². The zero-order valence-electron chi connectivity index (χ0n) is 24.4. The van der Waals surface area contributed by atoms with E-state index in [9.17, 15) is 18.3 Å². The summed E-state index contributed by atoms with van der Waals surface area (Å²) in [5.41, 5.74) is 1.37. The third-order valence-corrected chi connectivity index (χ3v) is 8.76. The second-order valence-electron chi connectivity index (χ2n) is 9.64. The van der Waals surface area contributed by atoms with Gasteiger partial charge in [-0.2, -0.15) is 11.8 Å². The molecule has 0 bridgehead atoms. The quantitative estimate of drug-likeness (QED) is 0.345. The van der Waals surface area contributed by atoms with Crippen molar-refractivity contribution in [3.8, 4) is 11.6 Å². The molecule has 1 saturated carbocycles. The number of phenols is 1. The van der Waals surface area contributed by atoms with Gasteiger partial charge in [-0.15, -0.1) is 0 Å². The Morgan fingerprint density at radius 2 is 1.62 bits per heavy atom. The number of hydrogen-bond donors (Lipinski definition) is 2. The molecule has 0 amide bonds. The van der Waals surface area contributed by atoms with Crippen LogP contribution < -0.4 is 9.46 Å². The van der Waals surface area contributed by atoms with Crippen molar-refractivity contribution in [2.45, 2.75) is 103 Å². The van der Waals surface area contributed by atoms with Gasteiger partial charge in [0.25, 0.3) is 0 Å². The predicted octanol–water partition coefficient (Wildman–Crippen LogP) is 7.31. The van der Waals surface area contributed by atoms with E-state index in [0.29, 0.717) is 11.4 Å². The number of aromatic nitrogens is 1. The molecule has 2 aromatic rings. The van der Waals surface area contributed by atoms with Gasteiger partial charge < -0.3 is 9.84 Å². The first-order chi connectivity index (χ1) is 18.7. The molecule has 0 spiro atoms. The molecule has 1 aromatic heterocycles. The highest BCUT2D eigenvalue weighted by molar-refractivity contribution is 7.99. The molecule has 1 aliphatic carbocycles. The highest BCUT2D eigenvalue weighted by atomic mass is 32.2. The van der Waals surface area contributed by atoms with Crippen molar-refractivity contribution < 1.29 is 23.1 Å². The Bertz CT molecular complexity index is 1050. The molecule has 9 heteroatoms. The molecule has 220 valence electrons. The highest BCUT2D eigenvalue weighted by Gasteiger charge is 2.18. The van der Waals surface area contributed by atoms with Crippen molar-refractivity contribution in [1.82, 2.24) is 9.71 Å². The fourth-order valence-corrected chi connectivity index (χ4v) is 5.68. The number of unbranched alkanes of at least 4 members (excludes halogenated alkanes) is 1. The molecule has 0 radical (unpaired) electrons. The topological polar surface area (TPSA) is 106 Å². The Morgan fingerprint density at radius 3 is 2.10 bits per heavy atom. The smallest absolute Gasteiger partial charge is 0.243 e. The number of pyridine rings is 1. The molecule has 4 rings (SSSR count). The maximum Gasteiger partial charge on any atom is 0.243 e. The van der Waals surface area contributed by atoms with E-state index >= 15 is 0 Å². The van der Waals surface area contributed by atoms with Gasteiger partial charge in [0.1, 0.15) is 16.7 Å². The zero-order chi connectivity index (χ0) is 29.1. The lowest BCUT2D eigenvalue weighted by Crippen LogP contribution is -2.23. The number of ketones is 1. The lowest BCUT2D eigenvalue weighted by molar-refractivity contribution is 0.100. The molecule has 39 heavy (non-hydrogen) atoms. The van der Waals surface area contributed by atoms with Gasteiger partial charge in [0.05, 0.1) is 5.56 Å². The van der Waals surface area contributed by atoms with Crippen molar-refractivity contribution in [1.29, 1.82) is 0 Å². The highest BCUT2D eigenvalue weighted by Crippen LogP contribution is 2.24. The molecule has 0 unspecified atom stereocenters. The molecule has 2 fully saturated rings. The average molecular weight is 581 g/mol. The number of thioether (sulfide) groups is 1. The second-order valence-corrected chi connectivity index (χ2v) is 12.7. The number of carbonyl (C=O) groups excluding carboxylic acids is 1. The van der Waals surface area contributed by atoms with Crippen LogP contribution in [-0.4, -0.2) is 48.9 Å². The van der Waals surface area contributed by atoms with Crippen LogP contribution in [0, 0.1) is 6.92 Å². The van der Waals surface area contributed by atoms with Crippen LogP contribution in [0.5, 0.6) is 11.6 Å². The van der Waals surface area contributed by atoms with Gasteiger partial charge >= 0.3 is 0 Å². The lowest BCUT2D eigenvalue weighted by Gasteiger charge is -2.22. The summed E-state index contributed by atoms with van der Waals surface area (Å²) in [7, 11) is -2.25. The van der Waals surface area contributed by atoms with Crippen molar-refractivity contribution in [3.05, 3.63) is 47.7 Å². The Balaban J connectivity index is 0.000000294. The number of nitrogens with zero attached hydrogens (tertiary/aromatic N) is 1. The first-order valence-electron chi connectivity index (χ1n) is 14.1. The van der Waals surface area contributed by atoms with Gasteiger partial charge in [-0.05, 0) is 75.1 Å². The number of rotatable bonds is 6. The van der Waals surface area contributed by atoms with Crippen LogP contribution in [-0.2, 0) is 10.0 Å². The van der Waals surface area contributed by atoms with Gasteiger partial charge in [-0.1, -0.05) is 71.3 Å². The van der Waals surface area contributed by atoms with Gasteiger partial charge in [0.15, 0.2) is 5.78 Å². The van der Waals surface area contributed by atoms with Gasteiger partial charge in [-0.25, -0.2) is 18.1 Å². The van der Waals surface area contributed by atoms with E-state index in [4.69, 9.17) is 4.74 Å². The summed E-state index contributed by atoms with van der Waals surface area (Å²) in [5.74, 6) is 2.53. The number of phenolic OH excluding ortho intramolecular Hbond substituents is 1. The summed E-state index contributed by atoms with van der Waals surface area (Å²) in [5, 5.41) is 9.28. The van der Waals surface area contributed by atoms with E-state index in [0.717, 1.165) is 29.9 Å². The fourth-order valence-electron chi connectivity index (χ4n) is 3.71. The van der Waals surface area contributed by atoms with Crippen LogP contribution in [0.1, 0.15) is 101 Å². The van der Waals surface area contributed by atoms with Crippen molar-refractivity contribution in [2.75, 3.05) is 18.6 Å². The minimum Gasteiger partial charge on any atom is -0.507 e. The third kappa shape index (κ3) is 14.2. The fraction of sp³-hybridized carbons (Fsp3) is 0.600. The third-order valence-electron chi connectivity index (χ3n) is 6.27. The Hall–Kier alpha value is -2.10. The van der Waals surface area contributed by atoms with Crippen LogP contribution in [0.25, 0.3) is 0 Å². The summed E-state index contributed by atoms with van der Waals surface area (Å²) in [6, 6.07) is 7.95. The first kappa shape index (κ1) is 34.9. The average Bonchev–Trinajstić information content (AvgIpc) is 2.97. The van der Waals surface area contributed by atoms with Crippen LogP contribution in [0.3, 0.4) is 0 Å². The van der Waals surface area contributed by atoms with Gasteiger partial charge in [0, 0.05) is 6.20 Å². The number of benzene rings is 1. The van der Waals surface area contributed by atoms with Gasteiger partial charge in [0.2, 0.25) is 15.9 Å². The summed E-state index contributed by atoms with van der Waals surface area (Å²) in [6.45, 7) is 7.66. The Labute approximate surface area is 240 Å². The minimum absolute atomic E-state index is 0.00767. The first-order valence-corrected chi connectivity index (χ1v) is 16.7. The molecule has 0 atom stereocenters. The van der Waals surface area contributed by atoms with E-state index in [-0.39, 0.29) is 22.5 Å². The summed E-state index contributed by atoms with van der Waals surface area (Å²) >= 11 is 1.95. The van der Waals surface area contributed by atoms with Crippen LogP contribution in [0.15, 0.2) is 41.4 Å². The normalized spacial score (nSPS) is 15.3. The number of ether oxygens (including phenoxy) is 1. The lowest BCUT2D eigenvalue weighted by atomic mass is 10.0. The van der Waals surface area contributed by atoms with E-state index in [1.54, 1.807) is 38.2 Å². The van der Waals surface area contributed by atoms with Gasteiger partial charge in [-0.3, -0.25) is 4.79 Å². The standard InChI is InChI=1S/C12H15NO2S.C8H11NO3S.C6H12.C4H10/c1-9(14)11-3-2-6-13-12(11)15-10-4-7-16-8-5-10;1-6-3-4-7(10)8(5-6)13(11,12)9-2;1-2-4-6-5-3-1;1-3-4-2/h2-3,6,10H,4-5,7-8H2,1H3;3-5,9-10H,1-2H3;1-6H2;3-4H2,1-2H3. The number of aromatic hydroxyl groups is 1. The monoisotopic (exact) mass is 580 g/mol. The predicted molar refractivity (Wildman–Crippen MR) is 163 cm³/mol. The molecule has 2 N–H and O–H groups in total. The minimum atomic E-state index is -3.55. The molecular weight excluding hydrogens is 532 g/mol. The number of aryl methyl sites for hydroxylation is 1. The summed E-state index contributed by atoms with van der Waals surface area (Å²) < 4.78 is 30.5. The van der Waals surface area contributed by atoms with E-state index in [1.165, 1.54) is 70.5 Å². The molecule has 2 heterocycles. The second kappa shape index (κ2) is 19.9. The number of sulfonamides is 1. The van der Waals surface area contributed by atoms with Crippen LogP contribution in [0.4, 0.5) is 0 Å². The molecular formula is C30H48N2O5S2. The molecule has 7 nitrogen and oxygen atoms in total. The SMILES string of the molecule is C1CCCCC1.CC(=O)c1cccnc1OC1CCSCC1.CCCC.CNS(=O)(=O)c1cc(C)ccc1O. The van der Waals surface area contributed by atoms with E-state index in [2.05, 4.69) is 23.6 Å². The summed E-state index contributed by atoms with van der Waals surface area (Å²) in [6.07, 6.45) is 15.6. The Morgan fingerprint density at radius 1 is 1.05 bits per heavy atom. The number of nitrogens with one attached hydrogen (secondary N) is 1. The molecule has 1 aromatic carbocycles. The van der Waals surface area contributed by atoms with Crippen molar-refractivity contribution in [2.24, 2.45) is 0 Å². The maximum atomic E-state index is 11.4. The number of carbonyl (C=O) groups is 1. The maximum absolute atomic E-state index is 11.4. The van der Waals surface area contributed by atoms with Crippen molar-refractivity contribution >= 4 is 27.6 Å². The van der Waals surface area contributed by atoms with E-state index in [1.807, 2.05) is 11.8 Å². The Kier molecular flexibility index (Phi) is 17.8.